The summed E-state index contributed by atoms with van der Waals surface area (Å²) in [6.45, 7) is 22.1. The van der Waals surface area contributed by atoms with Crippen molar-refractivity contribution in [2.24, 2.45) is 0 Å². The molecular weight excluding hydrogens is 216 g/mol. The van der Waals surface area contributed by atoms with E-state index in [0.29, 0.717) is 0 Å². The van der Waals surface area contributed by atoms with Crippen molar-refractivity contribution in [3.05, 3.63) is 33.4 Å². The zero-order valence-electron chi connectivity index (χ0n) is 13.5. The molecule has 0 heteroatoms. The molecule has 0 atom stereocenters. The second-order valence-corrected chi connectivity index (χ2v) is 5.75. The maximum atomic E-state index is 2.30. The van der Waals surface area contributed by atoms with Gasteiger partial charge in [-0.05, 0) is 73.4 Å². The van der Waals surface area contributed by atoms with Crippen molar-refractivity contribution in [1.29, 1.82) is 0 Å². The van der Waals surface area contributed by atoms with Crippen LogP contribution in [0.1, 0.15) is 75.4 Å². The molecule has 0 spiro atoms. The minimum atomic E-state index is 0. The number of benzene rings is 1. The highest BCUT2D eigenvalue weighted by Crippen LogP contribution is 2.34. The third kappa shape index (κ3) is 3.60. The van der Waals surface area contributed by atoms with Crippen LogP contribution in [0.15, 0.2) is 0 Å². The van der Waals surface area contributed by atoms with E-state index < -0.39 is 0 Å². The Morgan fingerprint density at radius 1 is 0.556 bits per heavy atom. The summed E-state index contributed by atoms with van der Waals surface area (Å²) in [5.74, 6) is 0. The van der Waals surface area contributed by atoms with Crippen LogP contribution < -0.4 is 0 Å². The summed E-state index contributed by atoms with van der Waals surface area (Å²) in [5, 5.41) is 0. The van der Waals surface area contributed by atoms with Crippen molar-refractivity contribution in [2.45, 2.75) is 82.1 Å². The molecule has 0 amide bonds. The maximum Gasteiger partial charge on any atom is -0.0126 e. The molecule has 1 aromatic rings. The van der Waals surface area contributed by atoms with Crippen LogP contribution in [-0.4, -0.2) is 0 Å². The van der Waals surface area contributed by atoms with Gasteiger partial charge >= 0.3 is 0 Å². The van der Waals surface area contributed by atoms with Crippen LogP contribution in [-0.2, 0) is 5.41 Å². The van der Waals surface area contributed by atoms with Gasteiger partial charge in [0.05, 0.1) is 0 Å². The first-order valence-corrected chi connectivity index (χ1v) is 6.75. The van der Waals surface area contributed by atoms with Gasteiger partial charge in [0.15, 0.2) is 0 Å². The highest BCUT2D eigenvalue weighted by molar-refractivity contribution is 5.51. The van der Waals surface area contributed by atoms with E-state index in [4.69, 9.17) is 0 Å². The number of rotatable bonds is 0. The molecule has 0 aliphatic heterocycles. The fourth-order valence-corrected chi connectivity index (χ4v) is 2.62. The Morgan fingerprint density at radius 3 is 1.00 bits per heavy atom. The molecule has 0 nitrogen and oxygen atoms in total. The first-order chi connectivity index (χ1) is 7.68. The summed E-state index contributed by atoms with van der Waals surface area (Å²) in [5.41, 5.74) is 9.11. The van der Waals surface area contributed by atoms with Crippen LogP contribution in [0, 0.1) is 34.6 Å². The van der Waals surface area contributed by atoms with E-state index in [0.717, 1.165) is 0 Å². The molecule has 0 unspecified atom stereocenters. The van der Waals surface area contributed by atoms with Gasteiger partial charge in [-0.3, -0.25) is 0 Å². The molecule has 0 bridgehead atoms. The lowest BCUT2D eigenvalue weighted by Gasteiger charge is -2.28. The monoisotopic (exact) mass is 250 g/mol. The molecule has 18 heavy (non-hydrogen) atoms. The Hall–Kier alpha value is -0.780. The Labute approximate surface area is 116 Å². The molecule has 0 N–H and O–H groups in total. The quantitative estimate of drug-likeness (QED) is 0.515. The molecule has 1 aromatic carbocycles. The molecule has 0 saturated carbocycles. The summed E-state index contributed by atoms with van der Waals surface area (Å²) in [6.07, 6.45) is 0. The Kier molecular flexibility index (Phi) is 7.57. The van der Waals surface area contributed by atoms with E-state index in [1.807, 2.05) is 13.8 Å². The second kappa shape index (κ2) is 6.97. The Morgan fingerprint density at radius 2 is 0.778 bits per heavy atom. The van der Waals surface area contributed by atoms with Crippen molar-refractivity contribution in [2.75, 3.05) is 0 Å². The van der Waals surface area contributed by atoms with Gasteiger partial charge in [0, 0.05) is 0 Å². The molecule has 0 aliphatic rings. The predicted octanol–water partition coefficient (Wildman–Crippen LogP) is 6.19. The normalized spacial score (nSPS) is 10.3. The lowest BCUT2D eigenvalue weighted by Crippen LogP contribution is -2.17. The minimum absolute atomic E-state index is 0. The van der Waals surface area contributed by atoms with Gasteiger partial charge in [-0.1, -0.05) is 42.0 Å². The highest BCUT2D eigenvalue weighted by Gasteiger charge is 2.22. The summed E-state index contributed by atoms with van der Waals surface area (Å²) in [6, 6.07) is 0. The lowest BCUT2D eigenvalue weighted by atomic mass is 9.77. The lowest BCUT2D eigenvalue weighted by molar-refractivity contribution is 0.580. The maximum absolute atomic E-state index is 2.30. The molecule has 106 valence electrons. The van der Waals surface area contributed by atoms with E-state index in [1.165, 1.54) is 33.4 Å². The molecule has 0 fully saturated rings. The number of hydrogen-bond acceptors (Lipinski definition) is 0. The van der Waals surface area contributed by atoms with Crippen molar-refractivity contribution in [3.8, 4) is 0 Å². The largest absolute Gasteiger partial charge is 0.0776 e. The Balaban J connectivity index is 0. The van der Waals surface area contributed by atoms with Crippen LogP contribution in [0.4, 0.5) is 0 Å². The van der Waals surface area contributed by atoms with Gasteiger partial charge in [0.25, 0.3) is 0 Å². The zero-order valence-corrected chi connectivity index (χ0v) is 13.5. The van der Waals surface area contributed by atoms with Gasteiger partial charge in [0.2, 0.25) is 0 Å². The highest BCUT2D eigenvalue weighted by atomic mass is 14.3. The molecule has 0 heterocycles. The summed E-state index contributed by atoms with van der Waals surface area (Å²) in [4.78, 5) is 0. The van der Waals surface area contributed by atoms with Gasteiger partial charge in [-0.15, -0.1) is 0 Å². The summed E-state index contributed by atoms with van der Waals surface area (Å²) in [7, 11) is 0. The van der Waals surface area contributed by atoms with E-state index in [9.17, 15) is 0 Å². The van der Waals surface area contributed by atoms with Crippen LogP contribution in [0.25, 0.3) is 0 Å². The summed E-state index contributed by atoms with van der Waals surface area (Å²) < 4.78 is 0. The van der Waals surface area contributed by atoms with Crippen LogP contribution >= 0.6 is 0 Å². The fourth-order valence-electron chi connectivity index (χ4n) is 2.62. The standard InChI is InChI=1S/C15H24.C2H6.CH4/c1-9-10(2)12(4)14(15(6,7)8)13(5)11(9)3;1-2;/h1-8H3;1-2H3;1H4. The molecule has 0 saturated heterocycles. The third-order valence-corrected chi connectivity index (χ3v) is 3.75. The SMILES string of the molecule is C.CC.Cc1c(C)c(C)c(C(C)(C)C)c(C)c1C. The van der Waals surface area contributed by atoms with Crippen molar-refractivity contribution < 1.29 is 0 Å². The fraction of sp³-hybridized carbons (Fsp3) is 0.667. The average Bonchev–Trinajstić information content (AvgIpc) is 2.25. The molecule has 0 aromatic heterocycles. The smallest absolute Gasteiger partial charge is 0.0126 e. The molecule has 0 aliphatic carbocycles. The zero-order chi connectivity index (χ0) is 14.0. The van der Waals surface area contributed by atoms with Crippen molar-refractivity contribution in [1.82, 2.24) is 0 Å². The third-order valence-electron chi connectivity index (χ3n) is 3.75. The molecule has 0 radical (unpaired) electrons. The predicted molar refractivity (Wildman–Crippen MR) is 86.9 cm³/mol. The van der Waals surface area contributed by atoms with E-state index in [2.05, 4.69) is 55.4 Å². The van der Waals surface area contributed by atoms with E-state index in [1.54, 1.807) is 0 Å². The van der Waals surface area contributed by atoms with E-state index >= 15 is 0 Å². The minimum Gasteiger partial charge on any atom is -0.0776 e. The van der Waals surface area contributed by atoms with Gasteiger partial charge < -0.3 is 0 Å². The molecular formula is C18H34. The van der Waals surface area contributed by atoms with Crippen LogP contribution in [0.3, 0.4) is 0 Å². The van der Waals surface area contributed by atoms with Crippen LogP contribution in [0.2, 0.25) is 0 Å². The topological polar surface area (TPSA) is 0 Å². The first-order valence-electron chi connectivity index (χ1n) is 6.75. The second-order valence-electron chi connectivity index (χ2n) is 5.75. The first kappa shape index (κ1) is 19.6. The molecule has 1 rings (SSSR count). The average molecular weight is 250 g/mol. The van der Waals surface area contributed by atoms with Gasteiger partial charge in [-0.2, -0.15) is 0 Å². The van der Waals surface area contributed by atoms with Crippen LogP contribution in [0.5, 0.6) is 0 Å². The Bertz CT molecular complexity index is 360. The van der Waals surface area contributed by atoms with Crippen molar-refractivity contribution >= 4 is 0 Å². The van der Waals surface area contributed by atoms with Gasteiger partial charge in [-0.25, -0.2) is 0 Å². The number of hydrogen-bond donors (Lipinski definition) is 0. The van der Waals surface area contributed by atoms with Crippen molar-refractivity contribution in [3.63, 3.8) is 0 Å². The van der Waals surface area contributed by atoms with Gasteiger partial charge in [0.1, 0.15) is 0 Å². The van der Waals surface area contributed by atoms with E-state index in [-0.39, 0.29) is 12.8 Å². The summed E-state index contributed by atoms with van der Waals surface area (Å²) >= 11 is 0.